The monoisotopic (exact) mass is 485 g/mol. The van der Waals surface area contributed by atoms with E-state index >= 15 is 0 Å². The Hall–Kier alpha value is -2.84. The number of aryl methyl sites for hydroxylation is 1. The number of aromatic amines is 1. The maximum absolute atomic E-state index is 13.2. The Labute approximate surface area is 205 Å². The first-order chi connectivity index (χ1) is 16.0. The molecule has 9 heteroatoms. The van der Waals surface area contributed by atoms with Crippen molar-refractivity contribution in [1.82, 2.24) is 20.3 Å². The van der Waals surface area contributed by atoms with E-state index in [0.29, 0.717) is 35.0 Å². The van der Waals surface area contributed by atoms with Gasteiger partial charge in [-0.05, 0) is 69.6 Å². The predicted octanol–water partition coefficient (Wildman–Crippen LogP) is 4.15. The molecular formula is C25H32ClN5O3. The largest absolute Gasteiger partial charge is 0.497 e. The SMILES string of the molecule is COc1ccc(OCC2CC2)c(-c2ncnc3c(C(=O)N[C@H]4CC[C@@H](N)CC4)c(C)[nH]c23)c1.Cl. The number of carbonyl (C=O) groups is 1. The van der Waals surface area contributed by atoms with Crippen molar-refractivity contribution in [3.05, 3.63) is 35.8 Å². The Balaban J connectivity index is 0.00000274. The summed E-state index contributed by atoms with van der Waals surface area (Å²) in [5.74, 6) is 1.98. The fraction of sp³-hybridized carbons (Fsp3) is 0.480. The number of H-pyrrole nitrogens is 1. The quantitative estimate of drug-likeness (QED) is 0.463. The average Bonchev–Trinajstić information content (AvgIpc) is 3.58. The van der Waals surface area contributed by atoms with Gasteiger partial charge in [0.05, 0.1) is 24.8 Å². The number of amides is 1. The Morgan fingerprint density at radius 1 is 1.18 bits per heavy atom. The van der Waals surface area contributed by atoms with Gasteiger partial charge in [0.1, 0.15) is 29.0 Å². The topological polar surface area (TPSA) is 115 Å². The van der Waals surface area contributed by atoms with Crippen LogP contribution >= 0.6 is 12.4 Å². The number of nitrogens with one attached hydrogen (secondary N) is 2. The molecule has 1 amide bonds. The molecule has 2 heterocycles. The summed E-state index contributed by atoms with van der Waals surface area (Å²) in [6.45, 7) is 2.59. The Morgan fingerprint density at radius 2 is 1.94 bits per heavy atom. The standard InChI is InChI=1S/C25H31N5O3.ClH/c1-14-21(25(31)30-17-7-5-16(26)6-8-17)23-24(29-14)22(27-13-28-23)19-11-18(32-2)9-10-20(19)33-12-15-3-4-15;/h9-11,13,15-17,29H,3-8,12,26H2,1-2H3,(H,30,31);1H/t16-,17+;. The molecule has 1 aromatic carbocycles. The van der Waals surface area contributed by atoms with Crippen molar-refractivity contribution in [1.29, 1.82) is 0 Å². The minimum absolute atomic E-state index is 0. The molecule has 2 fully saturated rings. The normalized spacial score (nSPS) is 20.0. The number of nitrogens with two attached hydrogens (primary N) is 1. The zero-order valence-corrected chi connectivity index (χ0v) is 20.4. The molecule has 0 atom stereocenters. The Kier molecular flexibility index (Phi) is 7.28. The highest BCUT2D eigenvalue weighted by molar-refractivity contribution is 6.09. The predicted molar refractivity (Wildman–Crippen MR) is 134 cm³/mol. The van der Waals surface area contributed by atoms with Gasteiger partial charge in [-0.15, -0.1) is 12.4 Å². The van der Waals surface area contributed by atoms with Crippen molar-refractivity contribution in [2.75, 3.05) is 13.7 Å². The van der Waals surface area contributed by atoms with Crippen LogP contribution in [-0.4, -0.2) is 46.7 Å². The van der Waals surface area contributed by atoms with Crippen LogP contribution < -0.4 is 20.5 Å². The fourth-order valence-corrected chi connectivity index (χ4v) is 4.56. The van der Waals surface area contributed by atoms with E-state index in [0.717, 1.165) is 48.2 Å². The molecule has 5 rings (SSSR count). The van der Waals surface area contributed by atoms with Gasteiger partial charge in [-0.3, -0.25) is 4.79 Å². The zero-order chi connectivity index (χ0) is 22.9. The number of benzene rings is 1. The molecule has 34 heavy (non-hydrogen) atoms. The number of aromatic nitrogens is 3. The van der Waals surface area contributed by atoms with E-state index in [1.807, 2.05) is 25.1 Å². The van der Waals surface area contributed by atoms with Crippen molar-refractivity contribution in [2.24, 2.45) is 11.7 Å². The van der Waals surface area contributed by atoms with Crippen LogP contribution in [0, 0.1) is 12.8 Å². The first-order valence-electron chi connectivity index (χ1n) is 11.7. The molecule has 0 radical (unpaired) electrons. The average molecular weight is 486 g/mol. The molecule has 0 unspecified atom stereocenters. The molecule has 4 N–H and O–H groups in total. The number of hydrogen-bond acceptors (Lipinski definition) is 6. The van der Waals surface area contributed by atoms with Crippen molar-refractivity contribution in [2.45, 2.75) is 57.5 Å². The van der Waals surface area contributed by atoms with Gasteiger partial charge in [0.15, 0.2) is 0 Å². The van der Waals surface area contributed by atoms with Crippen LogP contribution in [0.1, 0.15) is 54.6 Å². The van der Waals surface area contributed by atoms with Gasteiger partial charge in [0.2, 0.25) is 0 Å². The summed E-state index contributed by atoms with van der Waals surface area (Å²) in [5.41, 5.74) is 10.2. The van der Waals surface area contributed by atoms with E-state index < -0.39 is 0 Å². The van der Waals surface area contributed by atoms with Gasteiger partial charge >= 0.3 is 0 Å². The van der Waals surface area contributed by atoms with E-state index in [1.165, 1.54) is 19.2 Å². The molecule has 182 valence electrons. The number of hydrogen-bond donors (Lipinski definition) is 3. The highest BCUT2D eigenvalue weighted by Crippen LogP contribution is 2.38. The van der Waals surface area contributed by atoms with E-state index in [9.17, 15) is 4.79 Å². The van der Waals surface area contributed by atoms with Crippen LogP contribution in [-0.2, 0) is 0 Å². The number of ether oxygens (including phenoxy) is 2. The Bertz CT molecular complexity index is 1170. The van der Waals surface area contributed by atoms with E-state index in [1.54, 1.807) is 7.11 Å². The van der Waals surface area contributed by atoms with Crippen molar-refractivity contribution in [3.63, 3.8) is 0 Å². The zero-order valence-electron chi connectivity index (χ0n) is 19.6. The van der Waals surface area contributed by atoms with Gasteiger partial charge in [-0.1, -0.05) is 0 Å². The van der Waals surface area contributed by atoms with Crippen LogP contribution in [0.15, 0.2) is 24.5 Å². The molecular weight excluding hydrogens is 454 g/mol. The first kappa shape index (κ1) is 24.3. The molecule has 0 aliphatic heterocycles. The number of nitrogens with zero attached hydrogens (tertiary/aromatic N) is 2. The van der Waals surface area contributed by atoms with Gasteiger partial charge in [0.25, 0.3) is 5.91 Å². The molecule has 0 spiro atoms. The summed E-state index contributed by atoms with van der Waals surface area (Å²) in [4.78, 5) is 25.6. The van der Waals surface area contributed by atoms with Crippen LogP contribution in [0.25, 0.3) is 22.3 Å². The summed E-state index contributed by atoms with van der Waals surface area (Å²) in [6, 6.07) is 6.11. The van der Waals surface area contributed by atoms with Gasteiger partial charge < -0.3 is 25.5 Å². The van der Waals surface area contributed by atoms with Gasteiger partial charge in [-0.25, -0.2) is 9.97 Å². The Morgan fingerprint density at radius 3 is 2.65 bits per heavy atom. The van der Waals surface area contributed by atoms with E-state index in [4.69, 9.17) is 15.2 Å². The summed E-state index contributed by atoms with van der Waals surface area (Å²) >= 11 is 0. The maximum atomic E-state index is 13.2. The fourth-order valence-electron chi connectivity index (χ4n) is 4.56. The van der Waals surface area contributed by atoms with Crippen molar-refractivity contribution >= 4 is 29.3 Å². The van der Waals surface area contributed by atoms with E-state index in [-0.39, 0.29) is 30.4 Å². The molecule has 2 aliphatic carbocycles. The molecule has 2 aliphatic rings. The minimum atomic E-state index is -0.111. The molecule has 0 bridgehead atoms. The van der Waals surface area contributed by atoms with Gasteiger partial charge in [-0.2, -0.15) is 0 Å². The highest BCUT2D eigenvalue weighted by atomic mass is 35.5. The van der Waals surface area contributed by atoms with Crippen LogP contribution in [0.5, 0.6) is 11.5 Å². The third-order valence-corrected chi connectivity index (χ3v) is 6.72. The number of methoxy groups -OCH3 is 1. The van der Waals surface area contributed by atoms with E-state index in [2.05, 4.69) is 20.3 Å². The number of fused-ring (bicyclic) bond motifs is 1. The van der Waals surface area contributed by atoms with Crippen molar-refractivity contribution < 1.29 is 14.3 Å². The summed E-state index contributed by atoms with van der Waals surface area (Å²) in [5, 5.41) is 3.18. The second-order valence-electron chi connectivity index (χ2n) is 9.27. The number of halogens is 1. The van der Waals surface area contributed by atoms with Gasteiger partial charge in [0, 0.05) is 23.3 Å². The van der Waals surface area contributed by atoms with Crippen LogP contribution in [0.4, 0.5) is 0 Å². The molecule has 8 nitrogen and oxygen atoms in total. The first-order valence-corrected chi connectivity index (χ1v) is 11.7. The minimum Gasteiger partial charge on any atom is -0.497 e. The summed E-state index contributed by atoms with van der Waals surface area (Å²) in [7, 11) is 1.64. The lowest BCUT2D eigenvalue weighted by molar-refractivity contribution is 0.0927. The second-order valence-corrected chi connectivity index (χ2v) is 9.27. The van der Waals surface area contributed by atoms with Crippen molar-refractivity contribution in [3.8, 4) is 22.8 Å². The number of rotatable bonds is 7. The lowest BCUT2D eigenvalue weighted by Crippen LogP contribution is -2.40. The third kappa shape index (κ3) is 4.98. The summed E-state index contributed by atoms with van der Waals surface area (Å²) in [6.07, 6.45) is 7.60. The lowest BCUT2D eigenvalue weighted by atomic mass is 9.91. The highest BCUT2D eigenvalue weighted by Gasteiger charge is 2.26. The maximum Gasteiger partial charge on any atom is 0.255 e. The molecule has 3 aromatic rings. The third-order valence-electron chi connectivity index (χ3n) is 6.72. The smallest absolute Gasteiger partial charge is 0.255 e. The lowest BCUT2D eigenvalue weighted by Gasteiger charge is -2.26. The molecule has 2 saturated carbocycles. The molecule has 0 saturated heterocycles. The number of carbonyl (C=O) groups excluding carboxylic acids is 1. The van der Waals surface area contributed by atoms with Crippen LogP contribution in [0.3, 0.4) is 0 Å². The summed E-state index contributed by atoms with van der Waals surface area (Å²) < 4.78 is 11.6. The second kappa shape index (κ2) is 10.2. The molecule has 2 aromatic heterocycles. The van der Waals surface area contributed by atoms with Crippen LogP contribution in [0.2, 0.25) is 0 Å².